The van der Waals surface area contributed by atoms with Crippen LogP contribution in [0.15, 0.2) is 28.2 Å². The maximum Gasteiger partial charge on any atom is 0.249 e. The van der Waals surface area contributed by atoms with Gasteiger partial charge in [-0.25, -0.2) is 8.42 Å². The number of pyridine rings is 1. The van der Waals surface area contributed by atoms with Crippen LogP contribution in [0.3, 0.4) is 0 Å². The summed E-state index contributed by atoms with van der Waals surface area (Å²) in [6, 6.07) is 1.21. The molecule has 1 N–H and O–H groups in total. The minimum Gasteiger partial charge on any atom is -0.378 e. The number of H-pyrrole nitrogens is 1. The lowest BCUT2D eigenvalue weighted by Gasteiger charge is -2.40. The number of aromatic nitrogens is 1. The van der Waals surface area contributed by atoms with Gasteiger partial charge >= 0.3 is 0 Å². The van der Waals surface area contributed by atoms with E-state index in [0.29, 0.717) is 13.2 Å². The van der Waals surface area contributed by atoms with Gasteiger partial charge in [-0.2, -0.15) is 4.31 Å². The van der Waals surface area contributed by atoms with Crippen molar-refractivity contribution in [2.75, 3.05) is 19.8 Å². The van der Waals surface area contributed by atoms with Crippen LogP contribution >= 0.6 is 0 Å². The molecule has 0 atom stereocenters. The van der Waals surface area contributed by atoms with Crippen molar-refractivity contribution < 1.29 is 13.2 Å². The van der Waals surface area contributed by atoms with Gasteiger partial charge < -0.3 is 9.72 Å². The monoisotopic (exact) mass is 272 g/mol. The predicted octanol–water partition coefficient (Wildman–Crippen LogP) is 0.174. The summed E-state index contributed by atoms with van der Waals surface area (Å²) in [5.74, 6) is 0. The summed E-state index contributed by atoms with van der Waals surface area (Å²) in [7, 11) is -3.79. The third-order valence-corrected chi connectivity index (χ3v) is 5.06. The summed E-state index contributed by atoms with van der Waals surface area (Å²) in [6.45, 7) is 4.47. The lowest BCUT2D eigenvalue weighted by molar-refractivity contribution is -0.00774. The molecule has 100 valence electrons. The number of rotatable bonds is 2. The second kappa shape index (κ2) is 4.49. The number of nitrogens with zero attached hydrogens (tertiary/aromatic N) is 1. The zero-order chi connectivity index (χ0) is 13.4. The van der Waals surface area contributed by atoms with Gasteiger partial charge in [0.15, 0.2) is 0 Å². The molecule has 0 unspecified atom stereocenters. The van der Waals surface area contributed by atoms with Crippen LogP contribution in [-0.2, 0) is 14.8 Å². The van der Waals surface area contributed by atoms with E-state index in [0.717, 1.165) is 0 Å². The molecule has 0 saturated carbocycles. The summed E-state index contributed by atoms with van der Waals surface area (Å²) in [5.41, 5.74) is -1.16. The Kier molecular flexibility index (Phi) is 3.31. The SMILES string of the molecule is CC1(C)COCCN1S(=O)(=O)c1c[nH]ccc1=O. The van der Waals surface area contributed by atoms with Gasteiger partial charge in [-0.1, -0.05) is 0 Å². The van der Waals surface area contributed by atoms with Crippen molar-refractivity contribution in [2.45, 2.75) is 24.3 Å². The molecule has 7 heteroatoms. The number of sulfonamides is 1. The molecular formula is C11H16N2O4S. The minimum absolute atomic E-state index is 0.222. The van der Waals surface area contributed by atoms with Crippen molar-refractivity contribution in [2.24, 2.45) is 0 Å². The van der Waals surface area contributed by atoms with Gasteiger partial charge in [-0.15, -0.1) is 0 Å². The second-order valence-corrected chi connectivity index (χ2v) is 6.65. The maximum atomic E-state index is 12.5. The van der Waals surface area contributed by atoms with Gasteiger partial charge in [-0.3, -0.25) is 4.79 Å². The zero-order valence-corrected chi connectivity index (χ0v) is 11.2. The van der Waals surface area contributed by atoms with E-state index in [1.807, 2.05) is 0 Å². The third-order valence-electron chi connectivity index (χ3n) is 2.93. The highest BCUT2D eigenvalue weighted by molar-refractivity contribution is 7.89. The highest BCUT2D eigenvalue weighted by Crippen LogP contribution is 2.25. The summed E-state index contributed by atoms with van der Waals surface area (Å²) in [6.07, 6.45) is 2.63. The molecule has 1 aromatic heterocycles. The van der Waals surface area contributed by atoms with Crippen LogP contribution in [-0.4, -0.2) is 43.0 Å². The van der Waals surface area contributed by atoms with Gasteiger partial charge in [0.25, 0.3) is 0 Å². The first-order valence-corrected chi connectivity index (χ1v) is 7.07. The molecule has 0 amide bonds. The molecule has 0 aromatic carbocycles. The van der Waals surface area contributed by atoms with Crippen molar-refractivity contribution in [1.82, 2.24) is 9.29 Å². The van der Waals surface area contributed by atoms with Crippen molar-refractivity contribution in [3.63, 3.8) is 0 Å². The first kappa shape index (κ1) is 13.3. The maximum absolute atomic E-state index is 12.5. The number of nitrogens with one attached hydrogen (secondary N) is 1. The number of morpholine rings is 1. The Labute approximate surface area is 106 Å². The fraction of sp³-hybridized carbons (Fsp3) is 0.545. The molecule has 1 aromatic rings. The van der Waals surface area contributed by atoms with Crippen molar-refractivity contribution in [1.29, 1.82) is 0 Å². The van der Waals surface area contributed by atoms with Gasteiger partial charge in [0.2, 0.25) is 15.5 Å². The van der Waals surface area contributed by atoms with E-state index in [4.69, 9.17) is 4.74 Å². The van der Waals surface area contributed by atoms with Crippen molar-refractivity contribution in [3.8, 4) is 0 Å². The fourth-order valence-electron chi connectivity index (χ4n) is 2.01. The first-order chi connectivity index (χ1) is 8.36. The quantitative estimate of drug-likeness (QED) is 0.832. The number of hydrogen-bond donors (Lipinski definition) is 1. The van der Waals surface area contributed by atoms with Crippen LogP contribution < -0.4 is 5.43 Å². The first-order valence-electron chi connectivity index (χ1n) is 5.63. The van der Waals surface area contributed by atoms with Crippen LogP contribution in [0.5, 0.6) is 0 Å². The molecule has 2 rings (SSSR count). The predicted molar refractivity (Wildman–Crippen MR) is 65.9 cm³/mol. The fourth-order valence-corrected chi connectivity index (χ4v) is 3.81. The highest BCUT2D eigenvalue weighted by atomic mass is 32.2. The summed E-state index contributed by atoms with van der Waals surface area (Å²) >= 11 is 0. The molecule has 1 aliphatic rings. The summed E-state index contributed by atoms with van der Waals surface area (Å²) < 4.78 is 31.6. The molecule has 18 heavy (non-hydrogen) atoms. The van der Waals surface area contributed by atoms with E-state index < -0.39 is 21.0 Å². The Balaban J connectivity index is 2.49. The van der Waals surface area contributed by atoms with Gasteiger partial charge in [0.1, 0.15) is 4.90 Å². The molecule has 6 nitrogen and oxygen atoms in total. The number of ether oxygens (including phenoxy) is 1. The van der Waals surface area contributed by atoms with E-state index >= 15 is 0 Å². The smallest absolute Gasteiger partial charge is 0.249 e. The summed E-state index contributed by atoms with van der Waals surface area (Å²) in [5, 5.41) is 0. The Morgan fingerprint density at radius 2 is 2.17 bits per heavy atom. The summed E-state index contributed by atoms with van der Waals surface area (Å²) in [4.78, 5) is 14.1. The van der Waals surface area contributed by atoms with Crippen LogP contribution in [0.2, 0.25) is 0 Å². The van der Waals surface area contributed by atoms with E-state index in [2.05, 4.69) is 4.98 Å². The Morgan fingerprint density at radius 3 is 2.78 bits per heavy atom. The lowest BCUT2D eigenvalue weighted by atomic mass is 10.1. The average Bonchev–Trinajstić information content (AvgIpc) is 2.28. The van der Waals surface area contributed by atoms with Crippen molar-refractivity contribution in [3.05, 3.63) is 28.7 Å². The Hall–Kier alpha value is -1.18. The van der Waals surface area contributed by atoms with Gasteiger partial charge in [0.05, 0.1) is 18.8 Å². The van der Waals surface area contributed by atoms with E-state index in [-0.39, 0.29) is 11.4 Å². The zero-order valence-electron chi connectivity index (χ0n) is 10.3. The molecule has 1 fully saturated rings. The van der Waals surface area contributed by atoms with Gasteiger partial charge in [0, 0.05) is 25.0 Å². The van der Waals surface area contributed by atoms with Crippen LogP contribution in [0.4, 0.5) is 0 Å². The van der Waals surface area contributed by atoms with E-state index in [1.54, 1.807) is 13.8 Å². The lowest BCUT2D eigenvalue weighted by Crippen LogP contribution is -2.55. The molecule has 2 heterocycles. The minimum atomic E-state index is -3.79. The second-order valence-electron chi connectivity index (χ2n) is 4.82. The van der Waals surface area contributed by atoms with E-state index in [1.165, 1.54) is 22.8 Å². The van der Waals surface area contributed by atoms with Crippen LogP contribution in [0.1, 0.15) is 13.8 Å². The van der Waals surface area contributed by atoms with Crippen molar-refractivity contribution >= 4 is 10.0 Å². The van der Waals surface area contributed by atoms with Gasteiger partial charge in [-0.05, 0) is 13.8 Å². The molecule has 0 bridgehead atoms. The van der Waals surface area contributed by atoms with Crippen LogP contribution in [0.25, 0.3) is 0 Å². The Bertz CT molecular complexity index is 591. The Morgan fingerprint density at radius 1 is 1.44 bits per heavy atom. The highest BCUT2D eigenvalue weighted by Gasteiger charge is 2.40. The topological polar surface area (TPSA) is 79.5 Å². The molecular weight excluding hydrogens is 256 g/mol. The molecule has 1 aliphatic heterocycles. The number of hydrogen-bond acceptors (Lipinski definition) is 4. The molecule has 0 radical (unpaired) electrons. The molecule has 0 spiro atoms. The molecule has 0 aliphatic carbocycles. The standard InChI is InChI=1S/C11H16N2O4S/c1-11(2)8-17-6-5-13(11)18(15,16)10-7-12-4-3-9(10)14/h3-4,7H,5-6,8H2,1-2H3,(H,12,14). The largest absolute Gasteiger partial charge is 0.378 e. The average molecular weight is 272 g/mol. The van der Waals surface area contributed by atoms with Crippen LogP contribution in [0, 0.1) is 0 Å². The number of aromatic amines is 1. The van der Waals surface area contributed by atoms with E-state index in [9.17, 15) is 13.2 Å². The third kappa shape index (κ3) is 2.21. The molecule has 1 saturated heterocycles. The normalized spacial score (nSPS) is 20.8.